The summed E-state index contributed by atoms with van der Waals surface area (Å²) in [6.07, 6.45) is 5.98. The van der Waals surface area contributed by atoms with Crippen molar-refractivity contribution in [3.63, 3.8) is 0 Å². The van der Waals surface area contributed by atoms with E-state index in [1.165, 1.54) is 16.2 Å². The van der Waals surface area contributed by atoms with Gasteiger partial charge in [-0.15, -0.1) is 0 Å². The molecule has 0 N–H and O–H groups in total. The summed E-state index contributed by atoms with van der Waals surface area (Å²) in [5.74, 6) is 1.84. The van der Waals surface area contributed by atoms with Crippen molar-refractivity contribution in [1.82, 2.24) is 14.5 Å². The molecule has 0 spiro atoms. The van der Waals surface area contributed by atoms with Gasteiger partial charge in [-0.2, -0.15) is 0 Å². The van der Waals surface area contributed by atoms with Crippen LogP contribution < -0.4 is 0 Å². The summed E-state index contributed by atoms with van der Waals surface area (Å²) in [5, 5.41) is 0. The maximum atomic E-state index is 5.54. The normalized spacial score (nSPS) is 16.1. The predicted octanol–water partition coefficient (Wildman–Crippen LogP) is 5.31. The van der Waals surface area contributed by atoms with Gasteiger partial charge in [0.15, 0.2) is 0 Å². The lowest BCUT2D eigenvalue weighted by atomic mass is 9.94. The Hall–Kier alpha value is -1.85. The van der Waals surface area contributed by atoms with Crippen LogP contribution in [0.3, 0.4) is 0 Å². The molecule has 0 amide bonds. The second-order valence-electron chi connectivity index (χ2n) is 8.29. The van der Waals surface area contributed by atoms with Gasteiger partial charge in [-0.05, 0) is 49.1 Å². The summed E-state index contributed by atoms with van der Waals surface area (Å²) in [5.41, 5.74) is 2.34. The monoisotopic (exact) mass is 381 g/mol. The Morgan fingerprint density at radius 1 is 1.15 bits per heavy atom. The number of rotatable bonds is 4. The lowest BCUT2D eigenvalue weighted by Crippen LogP contribution is -2.25. The van der Waals surface area contributed by atoms with Gasteiger partial charge in [0.2, 0.25) is 0 Å². The summed E-state index contributed by atoms with van der Waals surface area (Å²) < 4.78 is 7.99. The van der Waals surface area contributed by atoms with E-state index in [0.29, 0.717) is 5.92 Å². The molecule has 1 saturated heterocycles. The number of fused-ring (bicyclic) bond motifs is 1. The van der Waals surface area contributed by atoms with E-state index in [9.17, 15) is 0 Å². The number of pyridine rings is 1. The third-order valence-corrected chi connectivity index (χ3v) is 6.01. The quantitative estimate of drug-likeness (QED) is 0.614. The summed E-state index contributed by atoms with van der Waals surface area (Å²) in [7, 11) is 0. The molecule has 0 bridgehead atoms. The molecular weight excluding hydrogens is 354 g/mol. The number of ether oxygens (including phenoxy) is 1. The first-order valence-electron chi connectivity index (χ1n) is 9.67. The highest BCUT2D eigenvalue weighted by atomic mass is 32.2. The van der Waals surface area contributed by atoms with Crippen LogP contribution in [0.5, 0.6) is 0 Å². The van der Waals surface area contributed by atoms with Crippen molar-refractivity contribution in [2.45, 2.75) is 55.4 Å². The van der Waals surface area contributed by atoms with Crippen molar-refractivity contribution < 1.29 is 4.74 Å². The first-order chi connectivity index (χ1) is 13.0. The lowest BCUT2D eigenvalue weighted by molar-refractivity contribution is 0.0611. The van der Waals surface area contributed by atoms with Gasteiger partial charge < -0.3 is 9.30 Å². The Balaban J connectivity index is 1.69. The Morgan fingerprint density at radius 3 is 2.67 bits per heavy atom. The highest BCUT2D eigenvalue weighted by molar-refractivity contribution is 7.99. The molecule has 0 unspecified atom stereocenters. The van der Waals surface area contributed by atoms with Crippen LogP contribution >= 0.6 is 11.8 Å². The highest BCUT2D eigenvalue weighted by Gasteiger charge is 2.25. The van der Waals surface area contributed by atoms with E-state index >= 15 is 0 Å². The molecule has 1 aromatic carbocycles. The summed E-state index contributed by atoms with van der Waals surface area (Å²) in [6.45, 7) is 9.55. The van der Waals surface area contributed by atoms with Crippen LogP contribution in [-0.4, -0.2) is 27.7 Å². The van der Waals surface area contributed by atoms with Gasteiger partial charge in [0.1, 0.15) is 5.82 Å². The fourth-order valence-corrected chi connectivity index (χ4v) is 4.50. The smallest absolute Gasteiger partial charge is 0.115 e. The molecule has 0 saturated carbocycles. The number of hydrogen-bond acceptors (Lipinski definition) is 4. The van der Waals surface area contributed by atoms with Crippen molar-refractivity contribution >= 4 is 22.8 Å². The van der Waals surface area contributed by atoms with Gasteiger partial charge in [-0.3, -0.25) is 4.98 Å². The number of hydrogen-bond donors (Lipinski definition) is 0. The van der Waals surface area contributed by atoms with Crippen LogP contribution in [0.25, 0.3) is 11.0 Å². The SMILES string of the molecule is CC(C)(C)c1nc2cc(Sc3cccnc3)ccc2n1CC1CCOCC1. The molecule has 1 aliphatic rings. The van der Waals surface area contributed by atoms with Crippen LogP contribution in [0.1, 0.15) is 39.4 Å². The fraction of sp³-hybridized carbons (Fsp3) is 0.455. The molecule has 1 aliphatic heterocycles. The Morgan fingerprint density at radius 2 is 1.96 bits per heavy atom. The van der Waals surface area contributed by atoms with E-state index in [1.807, 2.05) is 12.3 Å². The zero-order chi connectivity index (χ0) is 18.9. The third kappa shape index (κ3) is 4.19. The molecule has 0 atom stereocenters. The molecule has 3 heterocycles. The standard InChI is InChI=1S/C22H27N3OS/c1-22(2,3)21-24-19-13-17(27-18-5-4-10-23-14-18)6-7-20(19)25(21)15-16-8-11-26-12-9-16/h4-7,10,13-14,16H,8-9,11-12,15H2,1-3H3. The first-order valence-corrected chi connectivity index (χ1v) is 10.5. The Labute approximate surface area is 165 Å². The van der Waals surface area contributed by atoms with Gasteiger partial charge in [0.25, 0.3) is 0 Å². The molecular formula is C22H27N3OS. The van der Waals surface area contributed by atoms with E-state index in [1.54, 1.807) is 18.0 Å². The lowest BCUT2D eigenvalue weighted by Gasteiger charge is -2.26. The van der Waals surface area contributed by atoms with Crippen LogP contribution in [0.15, 0.2) is 52.5 Å². The third-order valence-electron chi connectivity index (χ3n) is 5.04. The van der Waals surface area contributed by atoms with Crippen LogP contribution in [-0.2, 0) is 16.7 Å². The van der Waals surface area contributed by atoms with E-state index < -0.39 is 0 Å². The van der Waals surface area contributed by atoms with Crippen molar-refractivity contribution in [2.24, 2.45) is 5.92 Å². The van der Waals surface area contributed by atoms with Crippen LogP contribution in [0.2, 0.25) is 0 Å². The van der Waals surface area contributed by atoms with E-state index in [-0.39, 0.29) is 5.41 Å². The summed E-state index contributed by atoms with van der Waals surface area (Å²) >= 11 is 1.73. The molecule has 5 heteroatoms. The maximum Gasteiger partial charge on any atom is 0.115 e. The summed E-state index contributed by atoms with van der Waals surface area (Å²) in [4.78, 5) is 11.6. The molecule has 2 aromatic heterocycles. The van der Waals surface area contributed by atoms with Gasteiger partial charge in [-0.1, -0.05) is 32.5 Å². The largest absolute Gasteiger partial charge is 0.381 e. The topological polar surface area (TPSA) is 39.9 Å². The Bertz CT molecular complexity index is 908. The average Bonchev–Trinajstić information content (AvgIpc) is 3.02. The fourth-order valence-electron chi connectivity index (χ4n) is 3.66. The average molecular weight is 382 g/mol. The molecule has 0 radical (unpaired) electrons. The van der Waals surface area contributed by atoms with E-state index in [0.717, 1.165) is 43.0 Å². The van der Waals surface area contributed by atoms with E-state index in [2.05, 4.69) is 54.6 Å². The molecule has 0 aliphatic carbocycles. The predicted molar refractivity (Wildman–Crippen MR) is 110 cm³/mol. The Kier molecular flexibility index (Phi) is 5.24. The van der Waals surface area contributed by atoms with Crippen molar-refractivity contribution in [3.8, 4) is 0 Å². The number of aromatic nitrogens is 3. The first kappa shape index (κ1) is 18.5. The molecule has 1 fully saturated rings. The van der Waals surface area contributed by atoms with E-state index in [4.69, 9.17) is 9.72 Å². The molecule has 142 valence electrons. The van der Waals surface area contributed by atoms with Gasteiger partial charge in [0.05, 0.1) is 11.0 Å². The minimum absolute atomic E-state index is 0.0147. The summed E-state index contributed by atoms with van der Waals surface area (Å²) in [6, 6.07) is 10.7. The minimum Gasteiger partial charge on any atom is -0.381 e. The van der Waals surface area contributed by atoms with Gasteiger partial charge in [0, 0.05) is 47.4 Å². The molecule has 3 aromatic rings. The van der Waals surface area contributed by atoms with Crippen molar-refractivity contribution in [2.75, 3.05) is 13.2 Å². The van der Waals surface area contributed by atoms with Gasteiger partial charge in [-0.25, -0.2) is 4.98 Å². The maximum absolute atomic E-state index is 5.54. The molecule has 4 nitrogen and oxygen atoms in total. The zero-order valence-corrected chi connectivity index (χ0v) is 17.1. The van der Waals surface area contributed by atoms with Crippen LogP contribution in [0, 0.1) is 5.92 Å². The van der Waals surface area contributed by atoms with Crippen molar-refractivity contribution in [1.29, 1.82) is 0 Å². The molecule has 27 heavy (non-hydrogen) atoms. The second-order valence-corrected chi connectivity index (χ2v) is 9.44. The second kappa shape index (κ2) is 7.64. The highest BCUT2D eigenvalue weighted by Crippen LogP contribution is 2.33. The number of nitrogens with zero attached hydrogens (tertiary/aromatic N) is 3. The van der Waals surface area contributed by atoms with Crippen LogP contribution in [0.4, 0.5) is 0 Å². The number of benzene rings is 1. The number of imidazole rings is 1. The molecule has 4 rings (SSSR count). The minimum atomic E-state index is 0.0147. The van der Waals surface area contributed by atoms with Crippen molar-refractivity contribution in [3.05, 3.63) is 48.5 Å². The zero-order valence-electron chi connectivity index (χ0n) is 16.3. The van der Waals surface area contributed by atoms with Gasteiger partial charge >= 0.3 is 0 Å².